The lowest BCUT2D eigenvalue weighted by molar-refractivity contribution is 0.0602. The van der Waals surface area contributed by atoms with E-state index in [2.05, 4.69) is 14.9 Å². The van der Waals surface area contributed by atoms with E-state index in [1.165, 1.54) is 18.4 Å². The first kappa shape index (κ1) is 13.6. The van der Waals surface area contributed by atoms with Crippen molar-refractivity contribution in [1.82, 2.24) is 9.55 Å². The summed E-state index contributed by atoms with van der Waals surface area (Å²) in [7, 11) is 1.39. The van der Waals surface area contributed by atoms with Crippen molar-refractivity contribution in [1.29, 1.82) is 0 Å². The van der Waals surface area contributed by atoms with E-state index in [1.807, 2.05) is 24.8 Å². The van der Waals surface area contributed by atoms with Gasteiger partial charge in [0.1, 0.15) is 0 Å². The Morgan fingerprint density at radius 3 is 3.05 bits per heavy atom. The fraction of sp³-hybridized carbons (Fsp3) is 0.385. The molecule has 0 aromatic carbocycles. The van der Waals surface area contributed by atoms with Crippen LogP contribution in [0.5, 0.6) is 0 Å². The zero-order valence-electron chi connectivity index (χ0n) is 11.0. The van der Waals surface area contributed by atoms with Crippen LogP contribution in [0.4, 0.5) is 5.69 Å². The maximum Gasteiger partial charge on any atom is 0.340 e. The predicted molar refractivity (Wildman–Crippen MR) is 75.7 cm³/mol. The van der Waals surface area contributed by atoms with Crippen LogP contribution in [-0.2, 0) is 11.3 Å². The number of imidazole rings is 1. The van der Waals surface area contributed by atoms with Crippen molar-refractivity contribution in [2.75, 3.05) is 19.0 Å². The Balaban J connectivity index is 1.82. The average molecular weight is 279 g/mol. The van der Waals surface area contributed by atoms with Gasteiger partial charge in [0, 0.05) is 35.7 Å². The Morgan fingerprint density at radius 1 is 1.53 bits per heavy atom. The van der Waals surface area contributed by atoms with Gasteiger partial charge in [-0.3, -0.25) is 0 Å². The summed E-state index contributed by atoms with van der Waals surface area (Å²) in [4.78, 5) is 15.6. The molecule has 0 aliphatic heterocycles. The summed E-state index contributed by atoms with van der Waals surface area (Å²) in [6.07, 6.45) is 4.65. The molecule has 0 saturated heterocycles. The van der Waals surface area contributed by atoms with Crippen LogP contribution in [-0.4, -0.2) is 29.2 Å². The SMILES string of the molecule is COC(=O)c1cscc1NCCCn1cncc1C. The van der Waals surface area contributed by atoms with E-state index < -0.39 is 0 Å². The molecule has 2 rings (SSSR count). The van der Waals surface area contributed by atoms with Gasteiger partial charge in [-0.25, -0.2) is 9.78 Å². The number of esters is 1. The molecule has 0 spiro atoms. The summed E-state index contributed by atoms with van der Waals surface area (Å²) < 4.78 is 6.84. The highest BCUT2D eigenvalue weighted by Gasteiger charge is 2.12. The summed E-state index contributed by atoms with van der Waals surface area (Å²) in [5.41, 5.74) is 2.61. The van der Waals surface area contributed by atoms with Gasteiger partial charge >= 0.3 is 5.97 Å². The number of ether oxygens (including phenoxy) is 1. The number of hydrogen-bond acceptors (Lipinski definition) is 5. The lowest BCUT2D eigenvalue weighted by Gasteiger charge is -2.08. The number of hydrogen-bond donors (Lipinski definition) is 1. The largest absolute Gasteiger partial charge is 0.465 e. The number of anilines is 1. The van der Waals surface area contributed by atoms with Crippen LogP contribution in [0.3, 0.4) is 0 Å². The number of nitrogens with one attached hydrogen (secondary N) is 1. The second-order valence-corrected chi connectivity index (χ2v) is 4.94. The van der Waals surface area contributed by atoms with E-state index in [4.69, 9.17) is 4.74 Å². The number of methoxy groups -OCH3 is 1. The van der Waals surface area contributed by atoms with Gasteiger partial charge in [-0.2, -0.15) is 0 Å². The van der Waals surface area contributed by atoms with Gasteiger partial charge in [-0.1, -0.05) is 0 Å². The minimum atomic E-state index is -0.297. The van der Waals surface area contributed by atoms with E-state index in [0.29, 0.717) is 5.56 Å². The van der Waals surface area contributed by atoms with Crippen LogP contribution in [0.25, 0.3) is 0 Å². The van der Waals surface area contributed by atoms with Gasteiger partial charge in [0.05, 0.1) is 24.7 Å². The summed E-state index contributed by atoms with van der Waals surface area (Å²) in [6, 6.07) is 0. The third-order valence-corrected chi connectivity index (χ3v) is 3.62. The molecular weight excluding hydrogens is 262 g/mol. The van der Waals surface area contributed by atoms with E-state index >= 15 is 0 Å². The molecule has 2 heterocycles. The third kappa shape index (κ3) is 3.35. The fourth-order valence-electron chi connectivity index (χ4n) is 1.80. The van der Waals surface area contributed by atoms with Gasteiger partial charge in [0.15, 0.2) is 0 Å². The van der Waals surface area contributed by atoms with Crippen molar-refractivity contribution >= 4 is 23.0 Å². The molecule has 0 aliphatic rings. The fourth-order valence-corrected chi connectivity index (χ4v) is 2.57. The topological polar surface area (TPSA) is 56.1 Å². The van der Waals surface area contributed by atoms with Crippen molar-refractivity contribution in [2.45, 2.75) is 19.9 Å². The van der Waals surface area contributed by atoms with Crippen molar-refractivity contribution in [3.05, 3.63) is 34.5 Å². The summed E-state index contributed by atoms with van der Waals surface area (Å²) in [5.74, 6) is -0.297. The number of carbonyl (C=O) groups is 1. The number of nitrogens with zero attached hydrogens (tertiary/aromatic N) is 2. The second kappa shape index (κ2) is 6.38. The second-order valence-electron chi connectivity index (χ2n) is 4.20. The number of aromatic nitrogens is 2. The molecule has 0 radical (unpaired) electrons. The molecule has 2 aromatic rings. The van der Waals surface area contributed by atoms with Gasteiger partial charge in [-0.05, 0) is 13.3 Å². The van der Waals surface area contributed by atoms with Crippen LogP contribution in [0, 0.1) is 6.92 Å². The Kier molecular flexibility index (Phi) is 4.57. The molecule has 19 heavy (non-hydrogen) atoms. The van der Waals surface area contributed by atoms with Crippen LogP contribution in [0.1, 0.15) is 22.5 Å². The molecular formula is C13H17N3O2S. The lowest BCUT2D eigenvalue weighted by atomic mass is 10.3. The molecule has 0 atom stereocenters. The summed E-state index contributed by atoms with van der Waals surface area (Å²) in [5, 5.41) is 6.99. The zero-order valence-corrected chi connectivity index (χ0v) is 11.9. The van der Waals surface area contributed by atoms with E-state index in [1.54, 1.807) is 5.38 Å². The zero-order chi connectivity index (χ0) is 13.7. The molecule has 0 amide bonds. The summed E-state index contributed by atoms with van der Waals surface area (Å²) >= 11 is 1.49. The molecule has 5 nitrogen and oxygen atoms in total. The Labute approximate surface area is 116 Å². The smallest absolute Gasteiger partial charge is 0.340 e. The average Bonchev–Trinajstić information content (AvgIpc) is 3.03. The standard InChI is InChI=1S/C13H17N3O2S/c1-10-6-14-9-16(10)5-3-4-15-12-8-19-7-11(12)13(17)18-2/h6-9,15H,3-5H2,1-2H3. The minimum Gasteiger partial charge on any atom is -0.465 e. The van der Waals surface area contributed by atoms with Crippen LogP contribution >= 0.6 is 11.3 Å². The number of carbonyl (C=O) groups excluding carboxylic acids is 1. The number of rotatable bonds is 6. The van der Waals surface area contributed by atoms with E-state index in [9.17, 15) is 4.79 Å². The highest BCUT2D eigenvalue weighted by Crippen LogP contribution is 2.21. The van der Waals surface area contributed by atoms with Crippen molar-refractivity contribution < 1.29 is 9.53 Å². The van der Waals surface area contributed by atoms with Crippen molar-refractivity contribution in [3.8, 4) is 0 Å². The quantitative estimate of drug-likeness (QED) is 0.652. The molecule has 6 heteroatoms. The third-order valence-electron chi connectivity index (χ3n) is 2.88. The molecule has 0 unspecified atom stereocenters. The maximum atomic E-state index is 11.5. The van der Waals surface area contributed by atoms with Gasteiger partial charge in [0.2, 0.25) is 0 Å². The van der Waals surface area contributed by atoms with Crippen LogP contribution in [0.15, 0.2) is 23.3 Å². The normalized spacial score (nSPS) is 10.4. The molecule has 102 valence electrons. The number of aryl methyl sites for hydroxylation is 2. The molecule has 2 aromatic heterocycles. The first-order valence-electron chi connectivity index (χ1n) is 6.07. The van der Waals surface area contributed by atoms with Gasteiger partial charge < -0.3 is 14.6 Å². The molecule has 0 bridgehead atoms. The first-order valence-corrected chi connectivity index (χ1v) is 7.01. The Bertz CT molecular complexity index is 548. The minimum absolute atomic E-state index is 0.297. The van der Waals surface area contributed by atoms with Gasteiger partial charge in [0.25, 0.3) is 0 Å². The highest BCUT2D eigenvalue weighted by molar-refractivity contribution is 7.08. The Morgan fingerprint density at radius 2 is 2.37 bits per heavy atom. The maximum absolute atomic E-state index is 11.5. The molecule has 1 N–H and O–H groups in total. The molecule has 0 saturated carbocycles. The highest BCUT2D eigenvalue weighted by atomic mass is 32.1. The summed E-state index contributed by atoms with van der Waals surface area (Å²) in [6.45, 7) is 3.75. The Hall–Kier alpha value is -1.82. The predicted octanol–water partition coefficient (Wildman–Crippen LogP) is 2.54. The van der Waals surface area contributed by atoms with E-state index in [0.717, 1.165) is 30.9 Å². The van der Waals surface area contributed by atoms with Gasteiger partial charge in [-0.15, -0.1) is 11.3 Å². The molecule has 0 aliphatic carbocycles. The van der Waals surface area contributed by atoms with Crippen LogP contribution in [0.2, 0.25) is 0 Å². The number of thiophene rings is 1. The van der Waals surface area contributed by atoms with Crippen molar-refractivity contribution in [3.63, 3.8) is 0 Å². The van der Waals surface area contributed by atoms with E-state index in [-0.39, 0.29) is 5.97 Å². The monoisotopic (exact) mass is 279 g/mol. The van der Waals surface area contributed by atoms with Crippen LogP contribution < -0.4 is 5.32 Å². The molecule has 0 fully saturated rings. The first-order chi connectivity index (χ1) is 9.22. The lowest BCUT2D eigenvalue weighted by Crippen LogP contribution is -2.09. The van der Waals surface area contributed by atoms with Crippen molar-refractivity contribution in [2.24, 2.45) is 0 Å².